The van der Waals surface area contributed by atoms with Crippen LogP contribution in [0.15, 0.2) is 47.4 Å². The van der Waals surface area contributed by atoms with E-state index in [-0.39, 0.29) is 17.0 Å². The third-order valence-corrected chi connectivity index (χ3v) is 6.01. The van der Waals surface area contributed by atoms with Crippen LogP contribution < -0.4 is 16.2 Å². The van der Waals surface area contributed by atoms with Crippen LogP contribution in [0, 0.1) is 12.8 Å². The number of pyridine rings is 1. The molecule has 0 bridgehead atoms. The molecular formula is C25H34N4O4. The number of aromatic nitrogens is 1. The molecule has 1 aliphatic heterocycles. The molecule has 0 radical (unpaired) electrons. The van der Waals surface area contributed by atoms with Gasteiger partial charge in [0.15, 0.2) is 0 Å². The van der Waals surface area contributed by atoms with Crippen molar-refractivity contribution < 1.29 is 14.3 Å². The van der Waals surface area contributed by atoms with Gasteiger partial charge in [-0.05, 0) is 49.4 Å². The Labute approximate surface area is 194 Å². The second kappa shape index (κ2) is 12.3. The summed E-state index contributed by atoms with van der Waals surface area (Å²) in [5.41, 5.74) is 1.82. The summed E-state index contributed by atoms with van der Waals surface area (Å²) in [4.78, 5) is 36.5. The first-order valence-electron chi connectivity index (χ1n) is 11.5. The number of hydrogen-bond acceptors (Lipinski definition) is 5. The Balaban J connectivity index is 0.000000194. The van der Waals surface area contributed by atoms with Crippen molar-refractivity contribution in [3.05, 3.63) is 69.6 Å². The molecule has 2 aliphatic rings. The quantitative estimate of drug-likeness (QED) is 0.589. The van der Waals surface area contributed by atoms with Crippen molar-refractivity contribution >= 4 is 12.3 Å². The third kappa shape index (κ3) is 7.54. The number of morpholine rings is 1. The van der Waals surface area contributed by atoms with Crippen molar-refractivity contribution in [3.8, 4) is 0 Å². The van der Waals surface area contributed by atoms with Gasteiger partial charge in [0.2, 0.25) is 6.41 Å². The standard InChI is InChI=1S/C15H16N2O2.C10H18N2O2/c1-11-8-13(14(18)16-2)15(19)17(9-11)10-12-6-4-3-5-7-12;13-8-11-10-7-9(10)1-2-12-3-5-14-6-4-12/h3-9H,10H2,1-2H3,(H,16,18);8-10H,1-7H2,(H,11,13)/t;9?,10-/m.1/s1. The minimum Gasteiger partial charge on any atom is -0.379 e. The maximum absolute atomic E-state index is 12.2. The average Bonchev–Trinajstić information content (AvgIpc) is 3.59. The van der Waals surface area contributed by atoms with E-state index in [9.17, 15) is 14.4 Å². The molecule has 4 rings (SSSR count). The topological polar surface area (TPSA) is 92.7 Å². The van der Waals surface area contributed by atoms with Crippen LogP contribution in [-0.4, -0.2) is 67.7 Å². The van der Waals surface area contributed by atoms with Crippen molar-refractivity contribution in [1.29, 1.82) is 0 Å². The van der Waals surface area contributed by atoms with Gasteiger partial charge in [0.25, 0.3) is 11.5 Å². The van der Waals surface area contributed by atoms with Crippen molar-refractivity contribution in [1.82, 2.24) is 20.1 Å². The van der Waals surface area contributed by atoms with Gasteiger partial charge in [-0.2, -0.15) is 0 Å². The highest BCUT2D eigenvalue weighted by molar-refractivity contribution is 5.93. The van der Waals surface area contributed by atoms with Crippen LogP contribution in [0.2, 0.25) is 0 Å². The van der Waals surface area contributed by atoms with Crippen LogP contribution in [0.25, 0.3) is 0 Å². The molecule has 1 aromatic heterocycles. The highest BCUT2D eigenvalue weighted by atomic mass is 16.5. The molecule has 2 heterocycles. The summed E-state index contributed by atoms with van der Waals surface area (Å²) < 4.78 is 6.85. The Kier molecular flexibility index (Phi) is 9.21. The Morgan fingerprint density at radius 2 is 1.94 bits per heavy atom. The third-order valence-electron chi connectivity index (χ3n) is 6.01. The lowest BCUT2D eigenvalue weighted by Crippen LogP contribution is -2.37. The van der Waals surface area contributed by atoms with Crippen LogP contribution >= 0.6 is 0 Å². The Hall–Kier alpha value is -2.97. The molecule has 2 atom stereocenters. The molecule has 1 aromatic carbocycles. The average molecular weight is 455 g/mol. The molecule has 1 unspecified atom stereocenters. The molecule has 0 spiro atoms. The highest BCUT2D eigenvalue weighted by Gasteiger charge is 2.36. The Morgan fingerprint density at radius 1 is 1.21 bits per heavy atom. The van der Waals surface area contributed by atoms with Gasteiger partial charge in [-0.3, -0.25) is 19.3 Å². The normalized spacial score (nSPS) is 19.7. The van der Waals surface area contributed by atoms with Crippen LogP contribution in [0.4, 0.5) is 0 Å². The first-order valence-corrected chi connectivity index (χ1v) is 11.5. The summed E-state index contributed by atoms with van der Waals surface area (Å²) in [5.74, 6) is 0.374. The number of nitrogens with zero attached hydrogens (tertiary/aromatic N) is 2. The van der Waals surface area contributed by atoms with Crippen LogP contribution in [0.3, 0.4) is 0 Å². The minimum absolute atomic E-state index is 0.179. The molecule has 33 heavy (non-hydrogen) atoms. The van der Waals surface area contributed by atoms with Crippen molar-refractivity contribution in [2.75, 3.05) is 39.9 Å². The van der Waals surface area contributed by atoms with E-state index in [4.69, 9.17) is 4.74 Å². The van der Waals surface area contributed by atoms with Crippen molar-refractivity contribution in [2.45, 2.75) is 32.4 Å². The molecule has 8 nitrogen and oxygen atoms in total. The predicted octanol–water partition coefficient (Wildman–Crippen LogP) is 1.41. The number of ether oxygens (including phenoxy) is 1. The van der Waals surface area contributed by atoms with Gasteiger partial charge >= 0.3 is 0 Å². The Morgan fingerprint density at radius 3 is 2.61 bits per heavy atom. The molecule has 2 N–H and O–H groups in total. The van der Waals surface area contributed by atoms with E-state index in [0.717, 1.165) is 56.3 Å². The van der Waals surface area contributed by atoms with Crippen LogP contribution in [0.5, 0.6) is 0 Å². The zero-order valence-corrected chi connectivity index (χ0v) is 19.5. The molecular weight excluding hydrogens is 420 g/mol. The predicted molar refractivity (Wildman–Crippen MR) is 127 cm³/mol. The van der Waals surface area contributed by atoms with E-state index in [1.807, 2.05) is 37.3 Å². The molecule has 2 fully saturated rings. The SMILES string of the molecule is CNC(=O)c1cc(C)cn(Cc2ccccc2)c1=O.O=CN[C@@H]1CC1CCN1CCOCC1. The fourth-order valence-corrected chi connectivity index (χ4v) is 4.01. The lowest BCUT2D eigenvalue weighted by atomic mass is 10.1. The number of rotatable bonds is 8. The second-order valence-corrected chi connectivity index (χ2v) is 8.56. The fourth-order valence-electron chi connectivity index (χ4n) is 4.01. The Bertz CT molecular complexity index is 970. The molecule has 8 heteroatoms. The number of aryl methyl sites for hydroxylation is 1. The summed E-state index contributed by atoms with van der Waals surface area (Å²) in [6.07, 6.45) is 4.97. The number of hydrogen-bond donors (Lipinski definition) is 2. The van der Waals surface area contributed by atoms with Crippen molar-refractivity contribution in [2.24, 2.45) is 5.92 Å². The highest BCUT2D eigenvalue weighted by Crippen LogP contribution is 2.33. The molecule has 1 aliphatic carbocycles. The maximum atomic E-state index is 12.2. The lowest BCUT2D eigenvalue weighted by molar-refractivity contribution is -0.109. The van der Waals surface area contributed by atoms with Crippen LogP contribution in [0.1, 0.15) is 34.3 Å². The number of carbonyl (C=O) groups is 2. The lowest BCUT2D eigenvalue weighted by Gasteiger charge is -2.26. The molecule has 2 amide bonds. The van der Waals surface area contributed by atoms with Gasteiger partial charge in [-0.25, -0.2) is 0 Å². The van der Waals surface area contributed by atoms with Gasteiger partial charge in [0.05, 0.1) is 19.8 Å². The summed E-state index contributed by atoms with van der Waals surface area (Å²) in [6.45, 7) is 7.38. The first-order chi connectivity index (χ1) is 16.0. The molecule has 2 aromatic rings. The van der Waals surface area contributed by atoms with E-state index in [1.165, 1.54) is 19.9 Å². The van der Waals surface area contributed by atoms with Crippen molar-refractivity contribution in [3.63, 3.8) is 0 Å². The number of benzene rings is 1. The van der Waals surface area contributed by atoms with E-state index in [2.05, 4.69) is 15.5 Å². The van der Waals surface area contributed by atoms with Gasteiger partial charge in [-0.15, -0.1) is 0 Å². The largest absolute Gasteiger partial charge is 0.379 e. The van der Waals surface area contributed by atoms with Gasteiger partial charge in [0.1, 0.15) is 5.56 Å². The number of nitrogens with one attached hydrogen (secondary N) is 2. The van der Waals surface area contributed by atoms with Gasteiger partial charge < -0.3 is 19.9 Å². The summed E-state index contributed by atoms with van der Waals surface area (Å²) >= 11 is 0. The van der Waals surface area contributed by atoms with Gasteiger partial charge in [0, 0.05) is 32.4 Å². The van der Waals surface area contributed by atoms with E-state index >= 15 is 0 Å². The first kappa shape index (κ1) is 24.7. The van der Waals surface area contributed by atoms with Crippen LogP contribution in [-0.2, 0) is 16.1 Å². The minimum atomic E-state index is -0.351. The number of amides is 2. The van der Waals surface area contributed by atoms with E-state index < -0.39 is 0 Å². The smallest absolute Gasteiger partial charge is 0.263 e. The molecule has 1 saturated heterocycles. The monoisotopic (exact) mass is 454 g/mol. The summed E-state index contributed by atoms with van der Waals surface area (Å²) in [5, 5.41) is 5.32. The summed E-state index contributed by atoms with van der Waals surface area (Å²) in [7, 11) is 1.52. The number of carbonyl (C=O) groups excluding carboxylic acids is 2. The summed E-state index contributed by atoms with van der Waals surface area (Å²) in [6, 6.07) is 11.8. The van der Waals surface area contributed by atoms with Gasteiger partial charge in [-0.1, -0.05) is 30.3 Å². The zero-order chi connectivity index (χ0) is 23.6. The van der Waals surface area contributed by atoms with E-state index in [1.54, 1.807) is 16.8 Å². The second-order valence-electron chi connectivity index (χ2n) is 8.56. The zero-order valence-electron chi connectivity index (χ0n) is 19.5. The maximum Gasteiger partial charge on any atom is 0.263 e. The molecule has 178 valence electrons. The fraction of sp³-hybridized carbons (Fsp3) is 0.480. The molecule has 1 saturated carbocycles. The van der Waals surface area contributed by atoms with E-state index in [0.29, 0.717) is 12.6 Å².